The molecule has 2 heterocycles. The summed E-state index contributed by atoms with van der Waals surface area (Å²) in [5, 5.41) is 5.57. The zero-order chi connectivity index (χ0) is 24.5. The van der Waals surface area contributed by atoms with Crippen molar-refractivity contribution in [2.24, 2.45) is 5.92 Å². The van der Waals surface area contributed by atoms with Gasteiger partial charge in [-0.2, -0.15) is 4.31 Å². The number of sulfonamides is 1. The molecule has 34 heavy (non-hydrogen) atoms. The Balaban J connectivity index is 1.41. The number of carbonyl (C=O) groups excluding carboxylic acids is 3. The molecule has 2 aliphatic heterocycles. The number of piperidine rings is 1. The van der Waals surface area contributed by atoms with Crippen LogP contribution in [-0.4, -0.2) is 56.8 Å². The summed E-state index contributed by atoms with van der Waals surface area (Å²) >= 11 is 0. The molecule has 0 radical (unpaired) electrons. The summed E-state index contributed by atoms with van der Waals surface area (Å²) in [7, 11) is -2.73. The van der Waals surface area contributed by atoms with Gasteiger partial charge in [0.25, 0.3) is 5.91 Å². The number of rotatable bonds is 5. The highest BCUT2D eigenvalue weighted by molar-refractivity contribution is 7.89. The number of fused-ring (bicyclic) bond motifs is 1. The van der Waals surface area contributed by atoms with E-state index in [4.69, 9.17) is 9.47 Å². The van der Waals surface area contributed by atoms with Crippen LogP contribution in [0.15, 0.2) is 47.4 Å². The molecule has 0 spiro atoms. The first kappa shape index (κ1) is 23.7. The molecule has 4 rings (SSSR count). The Morgan fingerprint density at radius 1 is 1.15 bits per heavy atom. The molecule has 2 aromatic carbocycles. The smallest absolute Gasteiger partial charge is 0.339 e. The van der Waals surface area contributed by atoms with Crippen LogP contribution in [0.2, 0.25) is 0 Å². The number of methoxy groups -OCH3 is 1. The van der Waals surface area contributed by atoms with E-state index in [1.54, 1.807) is 37.3 Å². The second kappa shape index (κ2) is 9.43. The number of hydrogen-bond donors (Lipinski definition) is 2. The standard InChI is InChI=1S/C23H25N3O7S/c1-14-21(27)25-18-13-16(7-8-19(18)33-14)24-22(28)15-9-11-26(12-10-15)34(30,31)20-6-4-3-5-17(20)23(29)32-2/h3-8,13-15H,9-12H2,1-2H3,(H,24,28)(H,25,27). The van der Waals surface area contributed by atoms with Gasteiger partial charge in [0.1, 0.15) is 5.75 Å². The van der Waals surface area contributed by atoms with Gasteiger partial charge in [0.2, 0.25) is 15.9 Å². The third-order valence-electron chi connectivity index (χ3n) is 5.91. The van der Waals surface area contributed by atoms with Crippen LogP contribution in [0.3, 0.4) is 0 Å². The number of hydrogen-bond acceptors (Lipinski definition) is 7. The van der Waals surface area contributed by atoms with Crippen molar-refractivity contribution in [3.63, 3.8) is 0 Å². The highest BCUT2D eigenvalue weighted by atomic mass is 32.2. The van der Waals surface area contributed by atoms with Crippen LogP contribution in [0.5, 0.6) is 5.75 Å². The topological polar surface area (TPSA) is 131 Å². The van der Waals surface area contributed by atoms with E-state index in [9.17, 15) is 22.8 Å². The monoisotopic (exact) mass is 487 g/mol. The molecule has 180 valence electrons. The van der Waals surface area contributed by atoms with E-state index in [0.29, 0.717) is 30.0 Å². The number of benzene rings is 2. The summed E-state index contributed by atoms with van der Waals surface area (Å²) in [4.78, 5) is 36.5. The Kier molecular flexibility index (Phi) is 6.58. The molecule has 1 saturated heterocycles. The summed E-state index contributed by atoms with van der Waals surface area (Å²) in [5.41, 5.74) is 0.957. The van der Waals surface area contributed by atoms with Gasteiger partial charge in [-0.25, -0.2) is 13.2 Å². The molecule has 0 bridgehead atoms. The fourth-order valence-corrected chi connectivity index (χ4v) is 5.65. The van der Waals surface area contributed by atoms with Crippen molar-refractivity contribution < 1.29 is 32.3 Å². The van der Waals surface area contributed by atoms with Crippen molar-refractivity contribution in [1.82, 2.24) is 4.31 Å². The molecule has 10 nitrogen and oxygen atoms in total. The lowest BCUT2D eigenvalue weighted by Crippen LogP contribution is -2.41. The van der Waals surface area contributed by atoms with Crippen LogP contribution >= 0.6 is 0 Å². The molecular weight excluding hydrogens is 462 g/mol. The largest absolute Gasteiger partial charge is 0.479 e. The SMILES string of the molecule is COC(=O)c1ccccc1S(=O)(=O)N1CCC(C(=O)Nc2ccc3c(c2)NC(=O)C(C)O3)CC1. The van der Waals surface area contributed by atoms with Crippen LogP contribution < -0.4 is 15.4 Å². The fourth-order valence-electron chi connectivity index (χ4n) is 4.00. The van der Waals surface area contributed by atoms with E-state index in [1.807, 2.05) is 0 Å². The van der Waals surface area contributed by atoms with Crippen LogP contribution in [0, 0.1) is 5.92 Å². The Bertz CT molecular complexity index is 1240. The number of nitrogens with one attached hydrogen (secondary N) is 2. The normalized spacial score (nSPS) is 18.9. The molecule has 2 amide bonds. The first-order chi connectivity index (χ1) is 16.2. The van der Waals surface area contributed by atoms with Gasteiger partial charge in [-0.15, -0.1) is 0 Å². The van der Waals surface area contributed by atoms with E-state index in [-0.39, 0.29) is 41.3 Å². The minimum atomic E-state index is -3.93. The van der Waals surface area contributed by atoms with E-state index in [2.05, 4.69) is 10.6 Å². The molecule has 2 aromatic rings. The van der Waals surface area contributed by atoms with Crippen molar-refractivity contribution in [3.8, 4) is 5.75 Å². The number of carbonyl (C=O) groups is 3. The maximum absolute atomic E-state index is 13.2. The van der Waals surface area contributed by atoms with E-state index in [0.717, 1.165) is 0 Å². The van der Waals surface area contributed by atoms with Crippen LogP contribution in [0.4, 0.5) is 11.4 Å². The number of esters is 1. The Morgan fingerprint density at radius 2 is 1.85 bits per heavy atom. The maximum Gasteiger partial charge on any atom is 0.339 e. The molecule has 0 aliphatic carbocycles. The Morgan fingerprint density at radius 3 is 2.56 bits per heavy atom. The fraction of sp³-hybridized carbons (Fsp3) is 0.348. The van der Waals surface area contributed by atoms with Crippen LogP contribution in [0.25, 0.3) is 0 Å². The minimum absolute atomic E-state index is 0.0252. The van der Waals surface area contributed by atoms with Gasteiger partial charge in [-0.3, -0.25) is 9.59 Å². The van der Waals surface area contributed by atoms with E-state index in [1.165, 1.54) is 23.5 Å². The molecule has 11 heteroatoms. The molecule has 1 atom stereocenters. The lowest BCUT2D eigenvalue weighted by atomic mass is 9.97. The minimum Gasteiger partial charge on any atom is -0.479 e. The highest BCUT2D eigenvalue weighted by Crippen LogP contribution is 2.33. The van der Waals surface area contributed by atoms with Gasteiger partial charge in [0.15, 0.2) is 6.10 Å². The summed E-state index contributed by atoms with van der Waals surface area (Å²) in [5.74, 6) is -1.09. The predicted octanol–water partition coefficient (Wildman–Crippen LogP) is 2.23. The second-order valence-electron chi connectivity index (χ2n) is 8.12. The van der Waals surface area contributed by atoms with Gasteiger partial charge >= 0.3 is 5.97 Å². The molecule has 0 saturated carbocycles. The Hall–Kier alpha value is -3.44. The first-order valence-electron chi connectivity index (χ1n) is 10.8. The molecule has 2 N–H and O–H groups in total. The third kappa shape index (κ3) is 4.62. The molecule has 0 aromatic heterocycles. The van der Waals surface area contributed by atoms with Gasteiger partial charge in [-0.1, -0.05) is 12.1 Å². The average molecular weight is 488 g/mol. The lowest BCUT2D eigenvalue weighted by Gasteiger charge is -2.31. The molecule has 1 unspecified atom stereocenters. The van der Waals surface area contributed by atoms with Gasteiger partial charge < -0.3 is 20.1 Å². The maximum atomic E-state index is 13.2. The zero-order valence-corrected chi connectivity index (χ0v) is 19.6. The zero-order valence-electron chi connectivity index (χ0n) is 18.7. The van der Waals surface area contributed by atoms with Gasteiger partial charge in [0.05, 0.1) is 23.3 Å². The van der Waals surface area contributed by atoms with Gasteiger partial charge in [0, 0.05) is 24.7 Å². The Labute approximate surface area is 197 Å². The van der Waals surface area contributed by atoms with E-state index >= 15 is 0 Å². The quantitative estimate of drug-likeness (QED) is 0.619. The highest BCUT2D eigenvalue weighted by Gasteiger charge is 2.34. The van der Waals surface area contributed by atoms with Gasteiger partial charge in [-0.05, 0) is 50.1 Å². The summed E-state index contributed by atoms with van der Waals surface area (Å²) in [6.07, 6.45) is 0.0654. The van der Waals surface area contributed by atoms with Crippen molar-refractivity contribution in [2.75, 3.05) is 30.8 Å². The summed E-state index contributed by atoms with van der Waals surface area (Å²) in [6.45, 7) is 1.93. The third-order valence-corrected chi connectivity index (χ3v) is 7.87. The van der Waals surface area contributed by atoms with E-state index < -0.39 is 22.1 Å². The van der Waals surface area contributed by atoms with Crippen LogP contribution in [0.1, 0.15) is 30.1 Å². The van der Waals surface area contributed by atoms with Crippen molar-refractivity contribution >= 4 is 39.2 Å². The molecular formula is C23H25N3O7S. The number of anilines is 2. The predicted molar refractivity (Wildman–Crippen MR) is 123 cm³/mol. The second-order valence-corrected chi connectivity index (χ2v) is 10.0. The number of ether oxygens (including phenoxy) is 2. The number of nitrogens with zero attached hydrogens (tertiary/aromatic N) is 1. The lowest BCUT2D eigenvalue weighted by molar-refractivity contribution is -0.122. The van der Waals surface area contributed by atoms with Crippen molar-refractivity contribution in [3.05, 3.63) is 48.0 Å². The summed E-state index contributed by atoms with van der Waals surface area (Å²) in [6, 6.07) is 10.9. The van der Waals surface area contributed by atoms with Crippen LogP contribution in [-0.2, 0) is 24.3 Å². The number of amides is 2. The molecule has 2 aliphatic rings. The molecule has 1 fully saturated rings. The van der Waals surface area contributed by atoms with Crippen molar-refractivity contribution in [2.45, 2.75) is 30.8 Å². The summed E-state index contributed by atoms with van der Waals surface area (Å²) < 4.78 is 37.8. The van der Waals surface area contributed by atoms with Crippen molar-refractivity contribution in [1.29, 1.82) is 0 Å². The average Bonchev–Trinajstić information content (AvgIpc) is 2.84. The first-order valence-corrected chi connectivity index (χ1v) is 12.2.